The largest absolute Gasteiger partial charge is 0.458 e. The highest BCUT2D eigenvalue weighted by atomic mass is 19.4. The fourth-order valence-electron chi connectivity index (χ4n) is 1.56. The van der Waals surface area contributed by atoms with Crippen LogP contribution in [0.4, 0.5) is 22.0 Å². The van der Waals surface area contributed by atoms with E-state index in [0.29, 0.717) is 0 Å². The summed E-state index contributed by atoms with van der Waals surface area (Å²) in [5.74, 6) is -4.82. The van der Waals surface area contributed by atoms with Crippen LogP contribution in [0.3, 0.4) is 0 Å². The molecule has 0 aromatic heterocycles. The van der Waals surface area contributed by atoms with Crippen molar-refractivity contribution in [1.29, 1.82) is 0 Å². The first kappa shape index (κ1) is 13.9. The predicted molar refractivity (Wildman–Crippen MR) is 55.1 cm³/mol. The number of benzene rings is 1. The van der Waals surface area contributed by atoms with Crippen molar-refractivity contribution in [2.45, 2.75) is 38.3 Å². The molecule has 5 heteroatoms. The molecule has 0 atom stereocenters. The minimum absolute atomic E-state index is 0.00215. The Morgan fingerprint density at radius 1 is 0.765 bits per heavy atom. The molecule has 0 bridgehead atoms. The molecule has 17 heavy (non-hydrogen) atoms. The summed E-state index contributed by atoms with van der Waals surface area (Å²) < 4.78 is 63.7. The van der Waals surface area contributed by atoms with Gasteiger partial charge in [0.15, 0.2) is 0 Å². The van der Waals surface area contributed by atoms with Gasteiger partial charge in [0.25, 0.3) is 0 Å². The van der Waals surface area contributed by atoms with Crippen LogP contribution < -0.4 is 0 Å². The molecule has 96 valence electrons. The normalized spacial score (nSPS) is 13.9. The lowest BCUT2D eigenvalue weighted by Crippen LogP contribution is -2.36. The maximum atomic E-state index is 13.3. The van der Waals surface area contributed by atoms with Crippen molar-refractivity contribution in [3.05, 3.63) is 35.4 Å². The Morgan fingerprint density at radius 3 is 1.53 bits per heavy atom. The molecule has 0 saturated carbocycles. The van der Waals surface area contributed by atoms with Gasteiger partial charge in [0, 0.05) is 5.56 Å². The van der Waals surface area contributed by atoms with Crippen molar-refractivity contribution in [3.8, 4) is 0 Å². The van der Waals surface area contributed by atoms with Gasteiger partial charge in [0.2, 0.25) is 0 Å². The van der Waals surface area contributed by atoms with Crippen molar-refractivity contribution < 1.29 is 22.0 Å². The number of rotatable bonds is 1. The van der Waals surface area contributed by atoms with E-state index in [2.05, 4.69) is 0 Å². The molecule has 1 aromatic carbocycles. The maximum Gasteiger partial charge on any atom is 0.458 e. The summed E-state index contributed by atoms with van der Waals surface area (Å²) in [6.45, 7) is 4.79. The van der Waals surface area contributed by atoms with Crippen molar-refractivity contribution in [1.82, 2.24) is 0 Å². The van der Waals surface area contributed by atoms with E-state index in [4.69, 9.17) is 0 Å². The van der Waals surface area contributed by atoms with E-state index in [-0.39, 0.29) is 5.56 Å². The summed E-state index contributed by atoms with van der Waals surface area (Å²) in [7, 11) is 0. The van der Waals surface area contributed by atoms with Gasteiger partial charge in [-0.1, -0.05) is 45.0 Å². The van der Waals surface area contributed by atoms with Crippen LogP contribution in [0.5, 0.6) is 0 Å². The highest BCUT2D eigenvalue weighted by molar-refractivity contribution is 5.36. The lowest BCUT2D eigenvalue weighted by atomic mass is 9.82. The number of hydrogen-bond acceptors (Lipinski definition) is 0. The summed E-state index contributed by atoms with van der Waals surface area (Å²) in [6.07, 6.45) is -5.58. The average molecular weight is 252 g/mol. The summed E-state index contributed by atoms with van der Waals surface area (Å²) in [6, 6.07) is 4.77. The second kappa shape index (κ2) is 3.96. The molecule has 0 radical (unpaired) electrons. The van der Waals surface area contributed by atoms with Gasteiger partial charge in [-0.25, -0.2) is 0 Å². The molecule has 0 unspecified atom stereocenters. The summed E-state index contributed by atoms with van der Waals surface area (Å²) in [5, 5.41) is 0. The average Bonchev–Trinajstić information content (AvgIpc) is 2.14. The zero-order chi connectivity index (χ0) is 13.5. The lowest BCUT2D eigenvalue weighted by molar-refractivity contribution is -0.289. The topological polar surface area (TPSA) is 0 Å². The van der Waals surface area contributed by atoms with E-state index in [1.165, 1.54) is 18.2 Å². The standard InChI is InChI=1S/C12H13F5/c1-10(2,3)8-6-4-5-7-9(8)11(13,14)12(15,16)17/h4-7H,1-3H3. The monoisotopic (exact) mass is 252 g/mol. The molecule has 1 rings (SSSR count). The quantitative estimate of drug-likeness (QED) is 0.639. The molecule has 0 nitrogen and oxygen atoms in total. The molecule has 0 spiro atoms. The number of hydrogen-bond donors (Lipinski definition) is 0. The van der Waals surface area contributed by atoms with Gasteiger partial charge in [-0.2, -0.15) is 22.0 Å². The Morgan fingerprint density at radius 2 is 1.18 bits per heavy atom. The van der Waals surface area contributed by atoms with E-state index in [0.717, 1.165) is 6.07 Å². The van der Waals surface area contributed by atoms with Crippen molar-refractivity contribution >= 4 is 0 Å². The van der Waals surface area contributed by atoms with Gasteiger partial charge in [0.1, 0.15) is 0 Å². The van der Waals surface area contributed by atoms with E-state index in [9.17, 15) is 22.0 Å². The van der Waals surface area contributed by atoms with Gasteiger partial charge in [-0.15, -0.1) is 0 Å². The van der Waals surface area contributed by atoms with Gasteiger partial charge < -0.3 is 0 Å². The Hall–Kier alpha value is -1.13. The Bertz CT molecular complexity index is 398. The third-order valence-electron chi connectivity index (χ3n) is 2.43. The van der Waals surface area contributed by atoms with Crippen molar-refractivity contribution in [2.75, 3.05) is 0 Å². The van der Waals surface area contributed by atoms with Crippen LogP contribution in [0, 0.1) is 0 Å². The first-order chi connectivity index (χ1) is 7.48. The van der Waals surface area contributed by atoms with E-state index in [1.54, 1.807) is 20.8 Å². The third-order valence-corrected chi connectivity index (χ3v) is 2.43. The summed E-state index contributed by atoms with van der Waals surface area (Å²) >= 11 is 0. The molecule has 0 heterocycles. The zero-order valence-electron chi connectivity index (χ0n) is 9.70. The van der Waals surface area contributed by atoms with Crippen molar-refractivity contribution in [2.24, 2.45) is 0 Å². The summed E-state index contributed by atoms with van der Waals surface area (Å²) in [5.41, 5.74) is -1.74. The van der Waals surface area contributed by atoms with Gasteiger partial charge in [-0.3, -0.25) is 0 Å². The minimum atomic E-state index is -5.58. The van der Waals surface area contributed by atoms with E-state index in [1.807, 2.05) is 0 Å². The van der Waals surface area contributed by atoms with Gasteiger partial charge in [0.05, 0.1) is 0 Å². The van der Waals surface area contributed by atoms with Crippen LogP contribution >= 0.6 is 0 Å². The molecular weight excluding hydrogens is 239 g/mol. The third kappa shape index (κ3) is 2.58. The molecule has 0 amide bonds. The Labute approximate surface area is 96.4 Å². The maximum absolute atomic E-state index is 13.3. The van der Waals surface area contributed by atoms with Gasteiger partial charge >= 0.3 is 12.1 Å². The van der Waals surface area contributed by atoms with Crippen molar-refractivity contribution in [3.63, 3.8) is 0 Å². The molecule has 0 aliphatic rings. The predicted octanol–water partition coefficient (Wildman–Crippen LogP) is 4.64. The fourth-order valence-corrected chi connectivity index (χ4v) is 1.56. The first-order valence-corrected chi connectivity index (χ1v) is 5.02. The van der Waals surface area contributed by atoms with E-state index < -0.39 is 23.1 Å². The lowest BCUT2D eigenvalue weighted by Gasteiger charge is -2.28. The van der Waals surface area contributed by atoms with Crippen LogP contribution in [0.2, 0.25) is 0 Å². The molecular formula is C12H13F5. The number of halogens is 5. The highest BCUT2D eigenvalue weighted by Gasteiger charge is 2.59. The second-order valence-electron chi connectivity index (χ2n) is 4.87. The van der Waals surface area contributed by atoms with Gasteiger partial charge in [-0.05, 0) is 11.0 Å². The highest BCUT2D eigenvalue weighted by Crippen LogP contribution is 2.46. The molecule has 1 aromatic rings. The molecule has 0 aliphatic heterocycles. The Balaban J connectivity index is 3.43. The second-order valence-corrected chi connectivity index (χ2v) is 4.87. The summed E-state index contributed by atoms with van der Waals surface area (Å²) in [4.78, 5) is 0. The smallest absolute Gasteiger partial charge is 0.191 e. The molecule has 0 fully saturated rings. The SMILES string of the molecule is CC(C)(C)c1ccccc1C(F)(F)C(F)(F)F. The fraction of sp³-hybridized carbons (Fsp3) is 0.500. The van der Waals surface area contributed by atoms with Crippen LogP contribution in [-0.4, -0.2) is 6.18 Å². The van der Waals surface area contributed by atoms with Crippen LogP contribution in [0.15, 0.2) is 24.3 Å². The number of alkyl halides is 5. The van der Waals surface area contributed by atoms with E-state index >= 15 is 0 Å². The van der Waals surface area contributed by atoms with Crippen LogP contribution in [0.25, 0.3) is 0 Å². The zero-order valence-corrected chi connectivity index (χ0v) is 9.70. The van der Waals surface area contributed by atoms with Crippen LogP contribution in [0.1, 0.15) is 31.9 Å². The Kier molecular flexibility index (Phi) is 3.25. The molecule has 0 N–H and O–H groups in total. The minimum Gasteiger partial charge on any atom is -0.191 e. The molecule has 0 aliphatic carbocycles. The van der Waals surface area contributed by atoms with Crippen LogP contribution in [-0.2, 0) is 11.3 Å². The first-order valence-electron chi connectivity index (χ1n) is 5.02. The molecule has 0 saturated heterocycles.